The Morgan fingerprint density at radius 2 is 1.89 bits per heavy atom. The highest BCUT2D eigenvalue weighted by Crippen LogP contribution is 2.18. The van der Waals surface area contributed by atoms with Crippen molar-refractivity contribution in [2.45, 2.75) is 39.5 Å². The second-order valence-corrected chi connectivity index (χ2v) is 4.69. The van der Waals surface area contributed by atoms with E-state index < -0.39 is 0 Å². The van der Waals surface area contributed by atoms with Crippen molar-refractivity contribution in [3.05, 3.63) is 59.0 Å². The number of aliphatic hydroxyl groups is 1. The van der Waals surface area contributed by atoms with Crippen molar-refractivity contribution in [3.63, 3.8) is 0 Å². The fraction of sp³-hybridized carbons (Fsp3) is 0.375. The number of rotatable bonds is 6. The highest BCUT2D eigenvalue weighted by molar-refractivity contribution is 5.26. The maximum Gasteiger partial charge on any atom is 0.120 e. The van der Waals surface area contributed by atoms with Gasteiger partial charge in [0.2, 0.25) is 0 Å². The summed E-state index contributed by atoms with van der Waals surface area (Å²) in [6.45, 7) is 4.96. The van der Waals surface area contributed by atoms with Crippen LogP contribution in [0.15, 0.2) is 40.8 Å². The van der Waals surface area contributed by atoms with Gasteiger partial charge in [-0.1, -0.05) is 31.2 Å². The molecule has 102 valence electrons. The van der Waals surface area contributed by atoms with Crippen molar-refractivity contribution in [1.29, 1.82) is 0 Å². The number of benzene rings is 1. The highest BCUT2D eigenvalue weighted by atomic mass is 16.3. The van der Waals surface area contributed by atoms with Crippen LogP contribution in [0.1, 0.15) is 42.5 Å². The molecule has 0 aliphatic carbocycles. The van der Waals surface area contributed by atoms with E-state index in [-0.39, 0.29) is 12.6 Å². The quantitative estimate of drug-likeness (QED) is 0.837. The number of hydrogen-bond donors (Lipinski definition) is 2. The Labute approximate surface area is 114 Å². The number of furan rings is 1. The Morgan fingerprint density at radius 1 is 1.16 bits per heavy atom. The summed E-state index contributed by atoms with van der Waals surface area (Å²) in [6, 6.07) is 12.1. The third kappa shape index (κ3) is 3.46. The molecule has 0 amide bonds. The lowest BCUT2D eigenvalue weighted by Gasteiger charge is -2.13. The van der Waals surface area contributed by atoms with Crippen LogP contribution in [0.25, 0.3) is 0 Å². The van der Waals surface area contributed by atoms with E-state index >= 15 is 0 Å². The molecule has 1 atom stereocenters. The number of hydrogen-bond acceptors (Lipinski definition) is 3. The fourth-order valence-electron chi connectivity index (χ4n) is 2.07. The Kier molecular flexibility index (Phi) is 4.77. The summed E-state index contributed by atoms with van der Waals surface area (Å²) in [6.07, 6.45) is 0.917. The minimum atomic E-state index is 0.0764. The topological polar surface area (TPSA) is 45.4 Å². The minimum absolute atomic E-state index is 0.0764. The van der Waals surface area contributed by atoms with Gasteiger partial charge in [0.1, 0.15) is 11.5 Å². The highest BCUT2D eigenvalue weighted by Gasteiger charge is 2.10. The van der Waals surface area contributed by atoms with Gasteiger partial charge in [0.05, 0.1) is 12.6 Å². The Hall–Kier alpha value is -1.58. The van der Waals surface area contributed by atoms with Crippen LogP contribution in [0.4, 0.5) is 0 Å². The molecule has 0 aliphatic heterocycles. The lowest BCUT2D eigenvalue weighted by molar-refractivity contribution is 0.280. The van der Waals surface area contributed by atoms with Gasteiger partial charge in [0.15, 0.2) is 0 Å². The molecule has 0 bridgehead atoms. The SMILES string of the molecule is CCc1ccc(C(C)NCc2ccccc2CO)o1. The van der Waals surface area contributed by atoms with Crippen LogP contribution in [0.2, 0.25) is 0 Å². The first-order valence-corrected chi connectivity index (χ1v) is 6.74. The smallest absolute Gasteiger partial charge is 0.120 e. The largest absolute Gasteiger partial charge is 0.464 e. The molecule has 0 radical (unpaired) electrons. The average Bonchev–Trinajstić information content (AvgIpc) is 2.94. The monoisotopic (exact) mass is 259 g/mol. The Morgan fingerprint density at radius 3 is 2.53 bits per heavy atom. The Bertz CT molecular complexity index is 519. The van der Waals surface area contributed by atoms with Crippen molar-refractivity contribution in [2.75, 3.05) is 0 Å². The van der Waals surface area contributed by atoms with Gasteiger partial charge in [-0.3, -0.25) is 0 Å². The second-order valence-electron chi connectivity index (χ2n) is 4.69. The summed E-state index contributed by atoms with van der Waals surface area (Å²) in [5, 5.41) is 12.7. The molecular weight excluding hydrogens is 238 g/mol. The second kappa shape index (κ2) is 6.55. The molecule has 0 aliphatic rings. The molecule has 1 unspecified atom stereocenters. The van der Waals surface area contributed by atoms with E-state index in [9.17, 15) is 5.11 Å². The van der Waals surface area contributed by atoms with Crippen molar-refractivity contribution in [2.24, 2.45) is 0 Å². The molecule has 0 saturated carbocycles. The van der Waals surface area contributed by atoms with Crippen molar-refractivity contribution >= 4 is 0 Å². The predicted molar refractivity (Wildman–Crippen MR) is 75.7 cm³/mol. The van der Waals surface area contributed by atoms with Gasteiger partial charge in [-0.2, -0.15) is 0 Å². The van der Waals surface area contributed by atoms with E-state index in [4.69, 9.17) is 4.42 Å². The van der Waals surface area contributed by atoms with Gasteiger partial charge >= 0.3 is 0 Å². The molecule has 3 nitrogen and oxygen atoms in total. The molecule has 19 heavy (non-hydrogen) atoms. The van der Waals surface area contributed by atoms with Crippen molar-refractivity contribution in [1.82, 2.24) is 5.32 Å². The van der Waals surface area contributed by atoms with Gasteiger partial charge in [-0.25, -0.2) is 0 Å². The summed E-state index contributed by atoms with van der Waals surface area (Å²) in [5.74, 6) is 1.97. The van der Waals surface area contributed by atoms with E-state index in [1.54, 1.807) is 0 Å². The van der Waals surface area contributed by atoms with E-state index in [1.807, 2.05) is 36.4 Å². The molecule has 2 rings (SSSR count). The number of nitrogens with one attached hydrogen (secondary N) is 1. The molecule has 0 saturated heterocycles. The summed E-state index contributed by atoms with van der Waals surface area (Å²) in [5.41, 5.74) is 2.09. The first-order chi connectivity index (χ1) is 9.24. The summed E-state index contributed by atoms with van der Waals surface area (Å²) in [7, 11) is 0. The maximum atomic E-state index is 9.29. The molecule has 0 fully saturated rings. The normalized spacial score (nSPS) is 12.6. The molecule has 2 aromatic rings. The van der Waals surface area contributed by atoms with Gasteiger partial charge < -0.3 is 14.8 Å². The van der Waals surface area contributed by atoms with Crippen LogP contribution < -0.4 is 5.32 Å². The lowest BCUT2D eigenvalue weighted by atomic mass is 10.1. The zero-order valence-electron chi connectivity index (χ0n) is 11.5. The maximum absolute atomic E-state index is 9.29. The van der Waals surface area contributed by atoms with E-state index in [0.29, 0.717) is 0 Å². The fourth-order valence-corrected chi connectivity index (χ4v) is 2.07. The zero-order valence-corrected chi connectivity index (χ0v) is 11.5. The van der Waals surface area contributed by atoms with Crippen LogP contribution in [-0.4, -0.2) is 5.11 Å². The molecule has 3 heteroatoms. The van der Waals surface area contributed by atoms with Crippen molar-refractivity contribution < 1.29 is 9.52 Å². The van der Waals surface area contributed by atoms with Crippen LogP contribution >= 0.6 is 0 Å². The van der Waals surface area contributed by atoms with Crippen LogP contribution in [0.3, 0.4) is 0 Å². The van der Waals surface area contributed by atoms with Crippen LogP contribution in [-0.2, 0) is 19.6 Å². The summed E-state index contributed by atoms with van der Waals surface area (Å²) in [4.78, 5) is 0. The molecule has 1 aromatic carbocycles. The predicted octanol–water partition coefficient (Wildman–Crippen LogP) is 3.19. The van der Waals surface area contributed by atoms with E-state index in [0.717, 1.165) is 35.6 Å². The molecule has 2 N–H and O–H groups in total. The van der Waals surface area contributed by atoms with Crippen molar-refractivity contribution in [3.8, 4) is 0 Å². The molecule has 1 aromatic heterocycles. The molecular formula is C16H21NO2. The van der Waals surface area contributed by atoms with E-state index in [1.165, 1.54) is 0 Å². The first-order valence-electron chi connectivity index (χ1n) is 6.74. The molecule has 1 heterocycles. The number of aryl methyl sites for hydroxylation is 1. The summed E-state index contributed by atoms with van der Waals surface area (Å²) >= 11 is 0. The standard InChI is InChI=1S/C16H21NO2/c1-3-15-8-9-16(19-15)12(2)17-10-13-6-4-5-7-14(13)11-18/h4-9,12,17-18H,3,10-11H2,1-2H3. The van der Waals surface area contributed by atoms with Gasteiger partial charge in [0.25, 0.3) is 0 Å². The molecule has 0 spiro atoms. The summed E-state index contributed by atoms with van der Waals surface area (Å²) < 4.78 is 5.73. The van der Waals surface area contributed by atoms with Gasteiger partial charge in [-0.15, -0.1) is 0 Å². The first kappa shape index (κ1) is 13.8. The van der Waals surface area contributed by atoms with Crippen LogP contribution in [0.5, 0.6) is 0 Å². The van der Waals surface area contributed by atoms with E-state index in [2.05, 4.69) is 19.2 Å². The van der Waals surface area contributed by atoms with Gasteiger partial charge in [0, 0.05) is 13.0 Å². The average molecular weight is 259 g/mol. The van der Waals surface area contributed by atoms with Gasteiger partial charge in [-0.05, 0) is 30.2 Å². The number of aliphatic hydroxyl groups excluding tert-OH is 1. The lowest BCUT2D eigenvalue weighted by Crippen LogP contribution is -2.18. The zero-order chi connectivity index (χ0) is 13.7. The van der Waals surface area contributed by atoms with Crippen LogP contribution in [0, 0.1) is 0 Å². The minimum Gasteiger partial charge on any atom is -0.464 e. The third-order valence-electron chi connectivity index (χ3n) is 3.35. The Balaban J connectivity index is 1.98. The third-order valence-corrected chi connectivity index (χ3v) is 3.35.